The molecule has 0 unspecified atom stereocenters. The van der Waals surface area contributed by atoms with E-state index in [2.05, 4.69) is 13.0 Å². The van der Waals surface area contributed by atoms with Crippen LogP contribution < -0.4 is 0 Å². The number of carbonyl (C=O) groups is 1. The Hall–Kier alpha value is -1.11. The van der Waals surface area contributed by atoms with Crippen LogP contribution in [0, 0.1) is 13.8 Å². The van der Waals surface area contributed by atoms with Gasteiger partial charge in [0, 0.05) is 12.0 Å². The summed E-state index contributed by atoms with van der Waals surface area (Å²) in [6, 6.07) is 6.02. The summed E-state index contributed by atoms with van der Waals surface area (Å²) in [6.07, 6.45) is 2.75. The highest BCUT2D eigenvalue weighted by molar-refractivity contribution is 5.97. The fourth-order valence-corrected chi connectivity index (χ4v) is 1.60. The molecule has 1 aromatic rings. The van der Waals surface area contributed by atoms with E-state index in [0.717, 1.165) is 24.0 Å². The zero-order valence-electron chi connectivity index (χ0n) is 9.26. The molecule has 0 heterocycles. The van der Waals surface area contributed by atoms with Crippen LogP contribution in [0.15, 0.2) is 18.2 Å². The number of aryl methyl sites for hydroxylation is 2. The van der Waals surface area contributed by atoms with Gasteiger partial charge < -0.3 is 0 Å². The van der Waals surface area contributed by atoms with Gasteiger partial charge in [0.15, 0.2) is 5.78 Å². The summed E-state index contributed by atoms with van der Waals surface area (Å²) in [7, 11) is 0. The summed E-state index contributed by atoms with van der Waals surface area (Å²) in [6.45, 7) is 6.16. The van der Waals surface area contributed by atoms with Crippen LogP contribution in [0.1, 0.15) is 47.7 Å². The third-order valence-corrected chi connectivity index (χ3v) is 2.44. The Morgan fingerprint density at radius 2 is 2.00 bits per heavy atom. The molecule has 0 fully saturated rings. The van der Waals surface area contributed by atoms with E-state index < -0.39 is 0 Å². The lowest BCUT2D eigenvalue weighted by molar-refractivity contribution is 0.0979. The average Bonchev–Trinajstić information content (AvgIpc) is 2.14. The van der Waals surface area contributed by atoms with E-state index >= 15 is 0 Å². The summed E-state index contributed by atoms with van der Waals surface area (Å²) in [5.74, 6) is 0.282. The summed E-state index contributed by atoms with van der Waals surface area (Å²) >= 11 is 0. The highest BCUT2D eigenvalue weighted by atomic mass is 16.1. The zero-order valence-corrected chi connectivity index (χ0v) is 9.26. The number of carbonyl (C=O) groups excluding carboxylic acids is 1. The van der Waals surface area contributed by atoms with Crippen molar-refractivity contribution < 1.29 is 4.79 Å². The maximum Gasteiger partial charge on any atom is 0.163 e. The van der Waals surface area contributed by atoms with E-state index in [9.17, 15) is 4.79 Å². The van der Waals surface area contributed by atoms with Crippen LogP contribution in [0.25, 0.3) is 0 Å². The average molecular weight is 190 g/mol. The highest BCUT2D eigenvalue weighted by Crippen LogP contribution is 2.13. The van der Waals surface area contributed by atoms with Gasteiger partial charge in [-0.1, -0.05) is 37.1 Å². The molecule has 0 bridgehead atoms. The second kappa shape index (κ2) is 4.94. The van der Waals surface area contributed by atoms with E-state index in [1.54, 1.807) is 0 Å². The molecule has 14 heavy (non-hydrogen) atoms. The van der Waals surface area contributed by atoms with Gasteiger partial charge in [-0.25, -0.2) is 0 Å². The van der Waals surface area contributed by atoms with Crippen molar-refractivity contribution in [1.29, 1.82) is 0 Å². The first-order chi connectivity index (χ1) is 6.65. The highest BCUT2D eigenvalue weighted by Gasteiger charge is 2.07. The maximum atomic E-state index is 11.7. The quantitative estimate of drug-likeness (QED) is 0.662. The minimum Gasteiger partial charge on any atom is -0.294 e. The van der Waals surface area contributed by atoms with E-state index in [1.165, 1.54) is 5.56 Å². The van der Waals surface area contributed by atoms with E-state index in [0.29, 0.717) is 6.42 Å². The maximum absolute atomic E-state index is 11.7. The monoisotopic (exact) mass is 190 g/mol. The molecule has 0 N–H and O–H groups in total. The van der Waals surface area contributed by atoms with Crippen LogP contribution in [0.2, 0.25) is 0 Å². The van der Waals surface area contributed by atoms with Crippen LogP contribution in [-0.4, -0.2) is 5.78 Å². The molecule has 0 atom stereocenters. The van der Waals surface area contributed by atoms with Gasteiger partial charge in [0.05, 0.1) is 0 Å². The lowest BCUT2D eigenvalue weighted by Gasteiger charge is -2.05. The van der Waals surface area contributed by atoms with E-state index in [4.69, 9.17) is 0 Å². The molecule has 1 aromatic carbocycles. The third kappa shape index (κ3) is 2.69. The van der Waals surface area contributed by atoms with E-state index in [-0.39, 0.29) is 5.78 Å². The standard InChI is InChI=1S/C13H18O/c1-4-5-6-13(14)12-8-7-10(2)9-11(12)3/h7-9H,4-6H2,1-3H3. The molecule has 0 radical (unpaired) electrons. The zero-order chi connectivity index (χ0) is 10.6. The Morgan fingerprint density at radius 3 is 2.57 bits per heavy atom. The molecule has 0 saturated heterocycles. The second-order valence-electron chi connectivity index (χ2n) is 3.85. The summed E-state index contributed by atoms with van der Waals surface area (Å²) in [4.78, 5) is 11.7. The van der Waals surface area contributed by atoms with Gasteiger partial charge in [0.1, 0.15) is 0 Å². The SMILES string of the molecule is CCCCC(=O)c1ccc(C)cc1C. The van der Waals surface area contributed by atoms with Crippen molar-refractivity contribution in [3.8, 4) is 0 Å². The van der Waals surface area contributed by atoms with Gasteiger partial charge in [0.25, 0.3) is 0 Å². The molecular formula is C13H18O. The molecule has 0 spiro atoms. The smallest absolute Gasteiger partial charge is 0.163 e. The largest absolute Gasteiger partial charge is 0.294 e. The van der Waals surface area contributed by atoms with Gasteiger partial charge in [0.2, 0.25) is 0 Å². The lowest BCUT2D eigenvalue weighted by Crippen LogP contribution is -2.01. The van der Waals surface area contributed by atoms with Crippen molar-refractivity contribution in [3.63, 3.8) is 0 Å². The van der Waals surface area contributed by atoms with Gasteiger partial charge in [-0.15, -0.1) is 0 Å². The van der Waals surface area contributed by atoms with Crippen LogP contribution >= 0.6 is 0 Å². The number of hydrogen-bond acceptors (Lipinski definition) is 1. The van der Waals surface area contributed by atoms with Crippen molar-refractivity contribution in [2.45, 2.75) is 40.0 Å². The first kappa shape index (κ1) is 11.0. The Labute approximate surface area is 86.1 Å². The van der Waals surface area contributed by atoms with Crippen molar-refractivity contribution in [1.82, 2.24) is 0 Å². The molecule has 0 saturated carbocycles. The Kier molecular flexibility index (Phi) is 3.87. The minimum atomic E-state index is 0.282. The van der Waals surface area contributed by atoms with Crippen molar-refractivity contribution in [3.05, 3.63) is 34.9 Å². The molecule has 0 aliphatic rings. The molecule has 0 aliphatic heterocycles. The number of Topliss-reactive ketones (excluding diaryl/α,β-unsaturated/α-hetero) is 1. The van der Waals surface area contributed by atoms with Crippen LogP contribution in [0.4, 0.5) is 0 Å². The Bertz CT molecular complexity index is 326. The number of hydrogen-bond donors (Lipinski definition) is 0. The van der Waals surface area contributed by atoms with E-state index in [1.807, 2.05) is 26.0 Å². The van der Waals surface area contributed by atoms with Crippen molar-refractivity contribution in [2.75, 3.05) is 0 Å². The molecule has 1 heteroatoms. The van der Waals surface area contributed by atoms with Crippen molar-refractivity contribution in [2.24, 2.45) is 0 Å². The topological polar surface area (TPSA) is 17.1 Å². The first-order valence-electron chi connectivity index (χ1n) is 5.25. The van der Waals surface area contributed by atoms with Gasteiger partial charge >= 0.3 is 0 Å². The van der Waals surface area contributed by atoms with Crippen LogP contribution in [0.5, 0.6) is 0 Å². The molecule has 0 aliphatic carbocycles. The normalized spacial score (nSPS) is 10.2. The van der Waals surface area contributed by atoms with Crippen molar-refractivity contribution >= 4 is 5.78 Å². The lowest BCUT2D eigenvalue weighted by atomic mass is 9.99. The van der Waals surface area contributed by atoms with Gasteiger partial charge in [-0.3, -0.25) is 4.79 Å². The first-order valence-corrected chi connectivity index (χ1v) is 5.25. The van der Waals surface area contributed by atoms with Gasteiger partial charge in [-0.05, 0) is 25.8 Å². The van der Waals surface area contributed by atoms with Crippen LogP contribution in [0.3, 0.4) is 0 Å². The number of rotatable bonds is 4. The Morgan fingerprint density at radius 1 is 1.29 bits per heavy atom. The fraction of sp³-hybridized carbons (Fsp3) is 0.462. The number of unbranched alkanes of at least 4 members (excludes halogenated alkanes) is 1. The molecule has 76 valence electrons. The molecular weight excluding hydrogens is 172 g/mol. The predicted molar refractivity (Wildman–Crippen MR) is 59.8 cm³/mol. The summed E-state index contributed by atoms with van der Waals surface area (Å²) < 4.78 is 0. The summed E-state index contributed by atoms with van der Waals surface area (Å²) in [5, 5.41) is 0. The molecule has 0 aromatic heterocycles. The van der Waals surface area contributed by atoms with Gasteiger partial charge in [-0.2, -0.15) is 0 Å². The minimum absolute atomic E-state index is 0.282. The van der Waals surface area contributed by atoms with Crippen LogP contribution in [-0.2, 0) is 0 Å². The fourth-order valence-electron chi connectivity index (χ4n) is 1.60. The Balaban J connectivity index is 2.80. The third-order valence-electron chi connectivity index (χ3n) is 2.44. The second-order valence-corrected chi connectivity index (χ2v) is 3.85. The molecule has 0 amide bonds. The molecule has 1 nitrogen and oxygen atoms in total. The number of ketones is 1. The molecule has 1 rings (SSSR count). The number of benzene rings is 1. The summed E-state index contributed by atoms with van der Waals surface area (Å²) in [5.41, 5.74) is 3.21. The predicted octanol–water partition coefficient (Wildman–Crippen LogP) is 3.68.